The standard InChI is InChI=1S/C14H18N4O2/c1-3-7-20-13-6-4-5-12(8-13)17-14(19)11(2)18-10-15-9-16-18/h4-6,8-11H,3,7H2,1-2H3,(H,17,19). The van der Waals surface area contributed by atoms with Crippen LogP contribution in [0.25, 0.3) is 0 Å². The molecule has 0 radical (unpaired) electrons. The third-order valence-electron chi connectivity index (χ3n) is 2.79. The summed E-state index contributed by atoms with van der Waals surface area (Å²) in [5.41, 5.74) is 0.704. The molecule has 1 aromatic heterocycles. The van der Waals surface area contributed by atoms with Gasteiger partial charge in [-0.25, -0.2) is 9.67 Å². The molecule has 2 aromatic rings. The van der Waals surface area contributed by atoms with Crippen molar-refractivity contribution < 1.29 is 9.53 Å². The van der Waals surface area contributed by atoms with Crippen molar-refractivity contribution in [2.24, 2.45) is 0 Å². The van der Waals surface area contributed by atoms with Gasteiger partial charge in [0.05, 0.1) is 6.61 Å². The Balaban J connectivity index is 2.00. The van der Waals surface area contributed by atoms with Crippen molar-refractivity contribution in [1.82, 2.24) is 14.8 Å². The number of hydrogen-bond donors (Lipinski definition) is 1. The van der Waals surface area contributed by atoms with Crippen LogP contribution in [-0.4, -0.2) is 27.3 Å². The highest BCUT2D eigenvalue weighted by Gasteiger charge is 2.15. The highest BCUT2D eigenvalue weighted by Crippen LogP contribution is 2.18. The van der Waals surface area contributed by atoms with Gasteiger partial charge in [0.2, 0.25) is 5.91 Å². The fourth-order valence-electron chi connectivity index (χ4n) is 1.67. The summed E-state index contributed by atoms with van der Waals surface area (Å²) in [6, 6.07) is 6.93. The van der Waals surface area contributed by atoms with Gasteiger partial charge >= 0.3 is 0 Å². The van der Waals surface area contributed by atoms with Crippen LogP contribution in [0.1, 0.15) is 26.3 Å². The van der Waals surface area contributed by atoms with E-state index in [0.29, 0.717) is 12.3 Å². The number of rotatable bonds is 6. The number of hydrogen-bond acceptors (Lipinski definition) is 4. The molecule has 1 unspecified atom stereocenters. The van der Waals surface area contributed by atoms with Crippen LogP contribution in [-0.2, 0) is 4.79 Å². The van der Waals surface area contributed by atoms with Crippen molar-refractivity contribution in [3.05, 3.63) is 36.9 Å². The summed E-state index contributed by atoms with van der Waals surface area (Å²) in [5, 5.41) is 6.80. The zero-order valence-corrected chi connectivity index (χ0v) is 11.6. The summed E-state index contributed by atoms with van der Waals surface area (Å²) in [5.74, 6) is 0.598. The zero-order valence-electron chi connectivity index (χ0n) is 11.6. The van der Waals surface area contributed by atoms with Gasteiger partial charge in [-0.2, -0.15) is 5.10 Å². The molecule has 0 saturated heterocycles. The molecule has 1 amide bonds. The summed E-state index contributed by atoms with van der Waals surface area (Å²) in [7, 11) is 0. The molecule has 1 heterocycles. The Labute approximate surface area is 117 Å². The molecule has 0 aliphatic rings. The summed E-state index contributed by atoms with van der Waals surface area (Å²) in [6.07, 6.45) is 3.87. The smallest absolute Gasteiger partial charge is 0.249 e. The van der Waals surface area contributed by atoms with E-state index in [-0.39, 0.29) is 5.91 Å². The molecule has 0 spiro atoms. The van der Waals surface area contributed by atoms with E-state index in [1.807, 2.05) is 31.2 Å². The number of aromatic nitrogens is 3. The summed E-state index contributed by atoms with van der Waals surface area (Å²) < 4.78 is 7.04. The number of benzene rings is 1. The van der Waals surface area contributed by atoms with E-state index >= 15 is 0 Å². The molecule has 0 aliphatic carbocycles. The Morgan fingerprint density at radius 2 is 2.35 bits per heavy atom. The van der Waals surface area contributed by atoms with Crippen molar-refractivity contribution in [2.75, 3.05) is 11.9 Å². The summed E-state index contributed by atoms with van der Waals surface area (Å²) >= 11 is 0. The maximum absolute atomic E-state index is 12.1. The van der Waals surface area contributed by atoms with E-state index in [9.17, 15) is 4.79 Å². The van der Waals surface area contributed by atoms with Gasteiger partial charge in [0, 0.05) is 11.8 Å². The van der Waals surface area contributed by atoms with Crippen LogP contribution in [0, 0.1) is 0 Å². The van der Waals surface area contributed by atoms with Crippen molar-refractivity contribution in [2.45, 2.75) is 26.3 Å². The van der Waals surface area contributed by atoms with Crippen LogP contribution in [0.4, 0.5) is 5.69 Å². The molecule has 6 heteroatoms. The van der Waals surface area contributed by atoms with E-state index in [1.54, 1.807) is 6.92 Å². The summed E-state index contributed by atoms with van der Waals surface area (Å²) in [4.78, 5) is 15.9. The van der Waals surface area contributed by atoms with Crippen LogP contribution in [0.15, 0.2) is 36.9 Å². The van der Waals surface area contributed by atoms with Gasteiger partial charge in [-0.15, -0.1) is 0 Å². The Kier molecular flexibility index (Phi) is 4.70. The molecule has 2 rings (SSSR count). The number of carbonyl (C=O) groups excluding carboxylic acids is 1. The number of amides is 1. The fourth-order valence-corrected chi connectivity index (χ4v) is 1.67. The van der Waals surface area contributed by atoms with E-state index in [0.717, 1.165) is 12.2 Å². The molecule has 0 saturated carbocycles. The lowest BCUT2D eigenvalue weighted by Crippen LogP contribution is -2.24. The first-order valence-electron chi connectivity index (χ1n) is 6.58. The Bertz CT molecular complexity index is 554. The third-order valence-corrected chi connectivity index (χ3v) is 2.79. The van der Waals surface area contributed by atoms with Crippen LogP contribution >= 0.6 is 0 Å². The van der Waals surface area contributed by atoms with Crippen LogP contribution in [0.3, 0.4) is 0 Å². The number of anilines is 1. The first-order chi connectivity index (χ1) is 9.70. The molecule has 1 atom stereocenters. The number of nitrogens with one attached hydrogen (secondary N) is 1. The van der Waals surface area contributed by atoms with Crippen LogP contribution in [0.5, 0.6) is 5.75 Å². The lowest BCUT2D eigenvalue weighted by molar-refractivity contribution is -0.119. The zero-order chi connectivity index (χ0) is 14.4. The lowest BCUT2D eigenvalue weighted by atomic mass is 10.2. The van der Waals surface area contributed by atoms with Gasteiger partial charge in [0.25, 0.3) is 0 Å². The second-order valence-electron chi connectivity index (χ2n) is 4.42. The van der Waals surface area contributed by atoms with Gasteiger partial charge in [0.15, 0.2) is 0 Å². The molecule has 1 N–H and O–H groups in total. The second-order valence-corrected chi connectivity index (χ2v) is 4.42. The molecule has 0 bridgehead atoms. The molecule has 0 aliphatic heterocycles. The Morgan fingerprint density at radius 1 is 1.50 bits per heavy atom. The minimum atomic E-state index is -0.419. The normalized spacial score (nSPS) is 11.9. The van der Waals surface area contributed by atoms with Gasteiger partial charge in [-0.1, -0.05) is 13.0 Å². The van der Waals surface area contributed by atoms with Gasteiger partial charge in [-0.3, -0.25) is 4.79 Å². The third kappa shape index (κ3) is 3.57. The first-order valence-corrected chi connectivity index (χ1v) is 6.58. The predicted octanol–water partition coefficient (Wildman–Crippen LogP) is 2.27. The Hall–Kier alpha value is -2.37. The van der Waals surface area contributed by atoms with Gasteiger partial charge in [0.1, 0.15) is 24.4 Å². The highest BCUT2D eigenvalue weighted by molar-refractivity contribution is 5.93. The van der Waals surface area contributed by atoms with Crippen molar-refractivity contribution >= 4 is 11.6 Å². The van der Waals surface area contributed by atoms with E-state index in [1.165, 1.54) is 17.3 Å². The quantitative estimate of drug-likeness (QED) is 0.877. The average molecular weight is 274 g/mol. The minimum absolute atomic E-state index is 0.150. The van der Waals surface area contributed by atoms with Crippen molar-refractivity contribution in [1.29, 1.82) is 0 Å². The van der Waals surface area contributed by atoms with E-state index in [2.05, 4.69) is 15.4 Å². The highest BCUT2D eigenvalue weighted by atomic mass is 16.5. The maximum atomic E-state index is 12.1. The van der Waals surface area contributed by atoms with Crippen molar-refractivity contribution in [3.63, 3.8) is 0 Å². The summed E-state index contributed by atoms with van der Waals surface area (Å²) in [6.45, 7) is 4.47. The van der Waals surface area contributed by atoms with Gasteiger partial charge in [-0.05, 0) is 25.5 Å². The fraction of sp³-hybridized carbons (Fsp3) is 0.357. The molecule has 106 valence electrons. The number of carbonyl (C=O) groups is 1. The van der Waals surface area contributed by atoms with Gasteiger partial charge < -0.3 is 10.1 Å². The molecule has 20 heavy (non-hydrogen) atoms. The average Bonchev–Trinajstić information content (AvgIpc) is 2.98. The molecular weight excluding hydrogens is 256 g/mol. The molecule has 1 aromatic carbocycles. The monoisotopic (exact) mass is 274 g/mol. The predicted molar refractivity (Wildman–Crippen MR) is 75.6 cm³/mol. The minimum Gasteiger partial charge on any atom is -0.494 e. The SMILES string of the molecule is CCCOc1cccc(NC(=O)C(C)n2cncn2)c1. The van der Waals surface area contributed by atoms with Crippen LogP contribution in [0.2, 0.25) is 0 Å². The van der Waals surface area contributed by atoms with E-state index < -0.39 is 6.04 Å². The molecule has 6 nitrogen and oxygen atoms in total. The van der Waals surface area contributed by atoms with Crippen molar-refractivity contribution in [3.8, 4) is 5.75 Å². The Morgan fingerprint density at radius 3 is 3.05 bits per heavy atom. The molecular formula is C14H18N4O2. The topological polar surface area (TPSA) is 69.0 Å². The van der Waals surface area contributed by atoms with Crippen LogP contribution < -0.4 is 10.1 Å². The first kappa shape index (κ1) is 14.0. The lowest BCUT2D eigenvalue weighted by Gasteiger charge is -2.13. The van der Waals surface area contributed by atoms with E-state index in [4.69, 9.17) is 4.74 Å². The number of ether oxygens (including phenoxy) is 1. The largest absolute Gasteiger partial charge is 0.494 e. The maximum Gasteiger partial charge on any atom is 0.249 e. The number of nitrogens with zero attached hydrogens (tertiary/aromatic N) is 3. The molecule has 0 fully saturated rings. The second kappa shape index (κ2) is 6.70.